The molecule has 1 heterocycles. The second kappa shape index (κ2) is 10.1. The Kier molecular flexibility index (Phi) is 8.87. The lowest BCUT2D eigenvalue weighted by Gasteiger charge is -2.06. The van der Waals surface area contributed by atoms with Crippen LogP contribution in [0.4, 0.5) is 0 Å². The van der Waals surface area contributed by atoms with Gasteiger partial charge < -0.3 is 14.2 Å². The van der Waals surface area contributed by atoms with E-state index in [-0.39, 0.29) is 12.1 Å². The molecular formula is C16H23IO4. The molecule has 1 unspecified atom stereocenters. The van der Waals surface area contributed by atoms with Gasteiger partial charge in [0.25, 0.3) is 0 Å². The van der Waals surface area contributed by atoms with E-state index in [1.54, 1.807) is 7.11 Å². The average molecular weight is 406 g/mol. The van der Waals surface area contributed by atoms with Crippen LogP contribution in [-0.2, 0) is 19.0 Å². The van der Waals surface area contributed by atoms with E-state index in [0.29, 0.717) is 19.8 Å². The van der Waals surface area contributed by atoms with Gasteiger partial charge in [0.15, 0.2) is 0 Å². The topological polar surface area (TPSA) is 44.8 Å². The number of methoxy groups -OCH3 is 1. The number of rotatable bonds is 9. The molecule has 4 nitrogen and oxygen atoms in total. The first-order chi connectivity index (χ1) is 10.1. The number of allylic oxidation sites excluding steroid dienone is 1. The van der Waals surface area contributed by atoms with Gasteiger partial charge in [-0.3, -0.25) is 0 Å². The van der Waals surface area contributed by atoms with Crippen molar-refractivity contribution in [2.75, 3.05) is 20.5 Å². The number of halogens is 1. The first-order valence-electron chi connectivity index (χ1n) is 6.96. The fourth-order valence-electron chi connectivity index (χ4n) is 2.01. The van der Waals surface area contributed by atoms with E-state index in [0.717, 1.165) is 24.0 Å². The van der Waals surface area contributed by atoms with Gasteiger partial charge in [-0.2, -0.15) is 0 Å². The molecule has 5 heteroatoms. The molecule has 118 valence electrons. The van der Waals surface area contributed by atoms with E-state index in [1.165, 1.54) is 5.57 Å². The fourth-order valence-corrected chi connectivity index (χ4v) is 2.26. The zero-order chi connectivity index (χ0) is 15.7. The molecule has 0 aromatic rings. The van der Waals surface area contributed by atoms with Gasteiger partial charge in [-0.25, -0.2) is 4.79 Å². The van der Waals surface area contributed by atoms with Gasteiger partial charge >= 0.3 is 5.97 Å². The maximum Gasteiger partial charge on any atom is 0.334 e. The Labute approximate surface area is 140 Å². The molecule has 1 aliphatic heterocycles. The first kappa shape index (κ1) is 18.4. The highest BCUT2D eigenvalue weighted by Gasteiger charge is 2.24. The van der Waals surface area contributed by atoms with Crippen molar-refractivity contribution in [3.05, 3.63) is 33.0 Å². The number of hydrogen-bond donors (Lipinski definition) is 0. The summed E-state index contributed by atoms with van der Waals surface area (Å²) in [6, 6.07) is 0. The Bertz CT molecular complexity index is 438. The van der Waals surface area contributed by atoms with Crippen LogP contribution in [0.5, 0.6) is 0 Å². The van der Waals surface area contributed by atoms with Crippen molar-refractivity contribution < 1.29 is 19.0 Å². The monoisotopic (exact) mass is 406 g/mol. The fraction of sp³-hybridized carbons (Fsp3) is 0.562. The summed E-state index contributed by atoms with van der Waals surface area (Å²) in [5.41, 5.74) is 3.14. The highest BCUT2D eigenvalue weighted by atomic mass is 127. The Morgan fingerprint density at radius 3 is 2.86 bits per heavy atom. The summed E-state index contributed by atoms with van der Waals surface area (Å²) >= 11 is 2.20. The minimum atomic E-state index is -0.178. The molecule has 1 aliphatic rings. The summed E-state index contributed by atoms with van der Waals surface area (Å²) in [7, 11) is 1.60. The maximum absolute atomic E-state index is 11.8. The van der Waals surface area contributed by atoms with Crippen molar-refractivity contribution >= 4 is 28.6 Å². The molecular weight excluding hydrogens is 383 g/mol. The van der Waals surface area contributed by atoms with Crippen LogP contribution in [0, 0.1) is 0 Å². The van der Waals surface area contributed by atoms with Crippen molar-refractivity contribution in [2.45, 2.75) is 39.2 Å². The second-order valence-electron chi connectivity index (χ2n) is 5.14. The second-order valence-corrected chi connectivity index (χ2v) is 5.76. The lowest BCUT2D eigenvalue weighted by molar-refractivity contribution is -0.139. The minimum absolute atomic E-state index is 0.103. The molecule has 0 fully saturated rings. The predicted molar refractivity (Wildman–Crippen MR) is 91.2 cm³/mol. The smallest absolute Gasteiger partial charge is 0.334 e. The number of carbonyl (C=O) groups excluding carboxylic acids is 1. The van der Waals surface area contributed by atoms with Gasteiger partial charge in [0, 0.05) is 19.1 Å². The SMILES string of the molecule is COCOC/C(C)=C/CCC1=CC(C/C(C)=C\I)OC1=O. The third-order valence-corrected chi connectivity index (χ3v) is 4.12. The summed E-state index contributed by atoms with van der Waals surface area (Å²) in [4.78, 5) is 11.8. The van der Waals surface area contributed by atoms with Crippen LogP contribution in [0.3, 0.4) is 0 Å². The van der Waals surface area contributed by atoms with E-state index in [4.69, 9.17) is 14.2 Å². The van der Waals surface area contributed by atoms with Gasteiger partial charge in [-0.1, -0.05) is 39.8 Å². The lowest BCUT2D eigenvalue weighted by atomic mass is 10.1. The Morgan fingerprint density at radius 2 is 2.19 bits per heavy atom. The van der Waals surface area contributed by atoms with E-state index in [1.807, 2.05) is 24.0 Å². The van der Waals surface area contributed by atoms with Gasteiger partial charge in [0.1, 0.15) is 12.9 Å². The Balaban J connectivity index is 2.38. The first-order valence-corrected chi connectivity index (χ1v) is 8.21. The molecule has 0 aromatic heterocycles. The maximum atomic E-state index is 11.8. The summed E-state index contributed by atoms with van der Waals surface area (Å²) in [6.45, 7) is 4.90. The van der Waals surface area contributed by atoms with Crippen LogP contribution in [0.15, 0.2) is 33.0 Å². The van der Waals surface area contributed by atoms with Crippen molar-refractivity contribution in [3.8, 4) is 0 Å². The molecule has 1 rings (SSSR count). The van der Waals surface area contributed by atoms with Crippen molar-refractivity contribution in [3.63, 3.8) is 0 Å². The molecule has 0 N–H and O–H groups in total. The molecule has 0 aromatic carbocycles. The summed E-state index contributed by atoms with van der Waals surface area (Å²) in [6.07, 6.45) is 6.25. The molecule has 0 saturated carbocycles. The largest absolute Gasteiger partial charge is 0.454 e. The van der Waals surface area contributed by atoms with Gasteiger partial charge in [0.2, 0.25) is 0 Å². The number of esters is 1. The molecule has 0 saturated heterocycles. The van der Waals surface area contributed by atoms with Crippen LogP contribution in [-0.4, -0.2) is 32.6 Å². The summed E-state index contributed by atoms with van der Waals surface area (Å²) < 4.78 is 17.4. The molecule has 21 heavy (non-hydrogen) atoms. The van der Waals surface area contributed by atoms with Crippen molar-refractivity contribution in [2.24, 2.45) is 0 Å². The van der Waals surface area contributed by atoms with E-state index < -0.39 is 0 Å². The third kappa shape index (κ3) is 7.24. The number of carbonyl (C=O) groups is 1. The highest BCUT2D eigenvalue weighted by molar-refractivity contribution is 14.1. The standard InChI is InChI=1S/C16H23IO4/c1-12(10-20-11-19-3)5-4-6-14-8-15(21-16(14)18)7-13(2)9-17/h5,8-9,15H,4,6-7,10-11H2,1-3H3/b12-5+,13-9-. The number of hydrogen-bond acceptors (Lipinski definition) is 4. The van der Waals surface area contributed by atoms with Crippen LogP contribution < -0.4 is 0 Å². The molecule has 0 bridgehead atoms. The molecule has 0 radical (unpaired) electrons. The molecule has 0 amide bonds. The third-order valence-electron chi connectivity index (χ3n) is 3.05. The summed E-state index contributed by atoms with van der Waals surface area (Å²) in [5, 5.41) is 0. The number of ether oxygens (including phenoxy) is 3. The van der Waals surface area contributed by atoms with E-state index >= 15 is 0 Å². The number of cyclic esters (lactones) is 1. The molecule has 0 spiro atoms. The van der Waals surface area contributed by atoms with Crippen molar-refractivity contribution in [1.82, 2.24) is 0 Å². The van der Waals surface area contributed by atoms with Crippen LogP contribution in [0.25, 0.3) is 0 Å². The normalized spacial score (nSPS) is 19.7. The Hall–Kier alpha value is -0.660. The highest BCUT2D eigenvalue weighted by Crippen LogP contribution is 2.23. The van der Waals surface area contributed by atoms with Crippen LogP contribution in [0.2, 0.25) is 0 Å². The quantitative estimate of drug-likeness (QED) is 0.192. The average Bonchev–Trinajstić information content (AvgIpc) is 2.79. The van der Waals surface area contributed by atoms with Crippen LogP contribution >= 0.6 is 22.6 Å². The zero-order valence-corrected chi connectivity index (χ0v) is 15.0. The predicted octanol–water partition coefficient (Wildman–Crippen LogP) is 3.91. The van der Waals surface area contributed by atoms with Gasteiger partial charge in [-0.15, -0.1) is 0 Å². The van der Waals surface area contributed by atoms with E-state index in [9.17, 15) is 4.79 Å². The zero-order valence-electron chi connectivity index (χ0n) is 12.9. The Morgan fingerprint density at radius 1 is 1.43 bits per heavy atom. The minimum Gasteiger partial charge on any atom is -0.454 e. The van der Waals surface area contributed by atoms with Gasteiger partial charge in [-0.05, 0) is 36.8 Å². The molecule has 1 atom stereocenters. The summed E-state index contributed by atoms with van der Waals surface area (Å²) in [5.74, 6) is -0.178. The van der Waals surface area contributed by atoms with Crippen LogP contribution in [0.1, 0.15) is 33.1 Å². The van der Waals surface area contributed by atoms with Gasteiger partial charge in [0.05, 0.1) is 6.61 Å². The van der Waals surface area contributed by atoms with E-state index in [2.05, 4.69) is 28.7 Å². The van der Waals surface area contributed by atoms with Crippen molar-refractivity contribution in [1.29, 1.82) is 0 Å². The lowest BCUT2D eigenvalue weighted by Crippen LogP contribution is -2.08. The molecule has 0 aliphatic carbocycles.